The molecule has 4 amide bonds. The number of aromatic amines is 1. The number of H-pyrrole nitrogens is 1. The van der Waals surface area contributed by atoms with E-state index < -0.39 is 60.4 Å². The first-order chi connectivity index (χ1) is 16.5. The van der Waals surface area contributed by atoms with Crippen LogP contribution in [0.15, 0.2) is 30.5 Å². The molecule has 0 aliphatic heterocycles. The third-order valence-corrected chi connectivity index (χ3v) is 5.29. The van der Waals surface area contributed by atoms with Crippen LogP contribution in [0, 0.1) is 0 Å². The van der Waals surface area contributed by atoms with Crippen molar-refractivity contribution in [1.82, 2.24) is 20.9 Å². The van der Waals surface area contributed by atoms with Gasteiger partial charge >= 0.3 is 5.97 Å². The molecular weight excluding hydrogens is 460 g/mol. The molecule has 0 saturated carbocycles. The molecular formula is C22H30N6O7. The van der Waals surface area contributed by atoms with Crippen LogP contribution in [0.2, 0.25) is 0 Å². The highest BCUT2D eigenvalue weighted by atomic mass is 16.4. The Hall–Kier alpha value is -3.97. The van der Waals surface area contributed by atoms with Crippen molar-refractivity contribution in [2.24, 2.45) is 11.5 Å². The van der Waals surface area contributed by atoms with E-state index in [1.54, 1.807) is 12.3 Å². The quantitative estimate of drug-likeness (QED) is 0.154. The lowest BCUT2D eigenvalue weighted by Gasteiger charge is -2.22. The minimum atomic E-state index is -1.40. The van der Waals surface area contributed by atoms with Crippen LogP contribution in [0.25, 0.3) is 10.9 Å². The molecule has 0 radical (unpaired) electrons. The van der Waals surface area contributed by atoms with Gasteiger partial charge in [0.2, 0.25) is 23.6 Å². The Morgan fingerprint density at radius 2 is 1.74 bits per heavy atom. The molecule has 0 fully saturated rings. The van der Waals surface area contributed by atoms with E-state index in [9.17, 15) is 34.2 Å². The maximum absolute atomic E-state index is 13.0. The maximum atomic E-state index is 13.0. The average molecular weight is 491 g/mol. The van der Waals surface area contributed by atoms with E-state index >= 15 is 0 Å². The molecule has 13 heteroatoms. The van der Waals surface area contributed by atoms with Gasteiger partial charge in [-0.25, -0.2) is 4.79 Å². The topological polar surface area (TPSA) is 230 Å². The molecule has 13 nitrogen and oxygen atoms in total. The monoisotopic (exact) mass is 490 g/mol. The summed E-state index contributed by atoms with van der Waals surface area (Å²) in [6.07, 6.45) is 0.0588. The van der Waals surface area contributed by atoms with Gasteiger partial charge in [-0.3, -0.25) is 19.2 Å². The number of amides is 4. The molecule has 2 rings (SSSR count). The van der Waals surface area contributed by atoms with Crippen LogP contribution in [0.1, 0.15) is 25.3 Å². The molecule has 0 bridgehead atoms. The van der Waals surface area contributed by atoms with Crippen molar-refractivity contribution in [3.8, 4) is 0 Å². The standard InChI is InChI=1S/C22H30N6O7/c1-11(29)19(24)21(33)26-10-18(31)27-16(8-12-9-25-14-5-3-2-4-13(12)14)20(32)28-15(22(34)35)6-7-17(23)30/h2-5,9,11,15-16,19,25,29H,6-8,10,24H2,1H3,(H2,23,30)(H,26,33)(H,27,31)(H,28,32)(H,34,35). The van der Waals surface area contributed by atoms with Gasteiger partial charge in [0.05, 0.1) is 12.6 Å². The molecule has 190 valence electrons. The molecule has 2 aromatic rings. The van der Waals surface area contributed by atoms with Crippen molar-refractivity contribution in [3.05, 3.63) is 36.0 Å². The predicted octanol–water partition coefficient (Wildman–Crippen LogP) is -2.15. The zero-order valence-corrected chi connectivity index (χ0v) is 19.1. The van der Waals surface area contributed by atoms with E-state index in [-0.39, 0.29) is 19.3 Å². The predicted molar refractivity (Wildman–Crippen MR) is 125 cm³/mol. The Kier molecular flexibility index (Phi) is 9.73. The summed E-state index contributed by atoms with van der Waals surface area (Å²) in [5, 5.41) is 26.7. The normalized spacial score (nSPS) is 14.4. The lowest BCUT2D eigenvalue weighted by atomic mass is 10.0. The van der Waals surface area contributed by atoms with Gasteiger partial charge in [0.25, 0.3) is 0 Å². The van der Waals surface area contributed by atoms with Crippen LogP contribution >= 0.6 is 0 Å². The molecule has 4 atom stereocenters. The first-order valence-corrected chi connectivity index (χ1v) is 10.9. The summed E-state index contributed by atoms with van der Waals surface area (Å²) in [4.78, 5) is 63.0. The van der Waals surface area contributed by atoms with Crippen molar-refractivity contribution < 1.29 is 34.2 Å². The number of hydrogen-bond acceptors (Lipinski definition) is 7. The van der Waals surface area contributed by atoms with Crippen molar-refractivity contribution in [2.45, 2.75) is 50.4 Å². The summed E-state index contributed by atoms with van der Waals surface area (Å²) in [5.74, 6) is -4.38. The lowest BCUT2D eigenvalue weighted by Crippen LogP contribution is -2.55. The summed E-state index contributed by atoms with van der Waals surface area (Å²) in [7, 11) is 0. The number of aliphatic hydroxyl groups is 1. The molecule has 4 unspecified atom stereocenters. The Morgan fingerprint density at radius 1 is 1.06 bits per heavy atom. The fraction of sp³-hybridized carbons (Fsp3) is 0.409. The summed E-state index contributed by atoms with van der Waals surface area (Å²) in [6, 6.07) is 3.43. The lowest BCUT2D eigenvalue weighted by molar-refractivity contribution is -0.142. The number of nitrogens with two attached hydrogens (primary N) is 2. The number of rotatable bonds is 13. The number of carbonyl (C=O) groups excluding carboxylic acids is 4. The van der Waals surface area contributed by atoms with E-state index in [0.29, 0.717) is 5.56 Å². The summed E-state index contributed by atoms with van der Waals surface area (Å²) in [6.45, 7) is 0.796. The van der Waals surface area contributed by atoms with Gasteiger partial charge in [0.1, 0.15) is 18.1 Å². The minimum absolute atomic E-state index is 0.00484. The second-order valence-electron chi connectivity index (χ2n) is 8.07. The minimum Gasteiger partial charge on any atom is -0.480 e. The molecule has 1 heterocycles. The van der Waals surface area contributed by atoms with E-state index in [0.717, 1.165) is 10.9 Å². The first-order valence-electron chi connectivity index (χ1n) is 10.9. The number of primary amides is 1. The number of carboxylic acids is 1. The van der Waals surface area contributed by atoms with Crippen molar-refractivity contribution >= 4 is 40.5 Å². The summed E-state index contributed by atoms with van der Waals surface area (Å²) >= 11 is 0. The SMILES string of the molecule is CC(O)C(N)C(=O)NCC(=O)NC(Cc1c[nH]c2ccccc12)C(=O)NC(CCC(N)=O)C(=O)O. The van der Waals surface area contributed by atoms with E-state index in [1.807, 2.05) is 18.2 Å². The summed E-state index contributed by atoms with van der Waals surface area (Å²) < 4.78 is 0. The third-order valence-electron chi connectivity index (χ3n) is 5.29. The number of aliphatic carboxylic acids is 1. The number of para-hydroxylation sites is 1. The van der Waals surface area contributed by atoms with Crippen LogP contribution in [-0.4, -0.2) is 75.6 Å². The number of aromatic nitrogens is 1. The van der Waals surface area contributed by atoms with E-state index in [1.165, 1.54) is 6.92 Å². The highest BCUT2D eigenvalue weighted by Gasteiger charge is 2.28. The fourth-order valence-corrected chi connectivity index (χ4v) is 3.30. The van der Waals surface area contributed by atoms with E-state index in [2.05, 4.69) is 20.9 Å². The highest BCUT2D eigenvalue weighted by molar-refractivity contribution is 5.93. The van der Waals surface area contributed by atoms with Crippen molar-refractivity contribution in [2.75, 3.05) is 6.54 Å². The maximum Gasteiger partial charge on any atom is 0.326 e. The zero-order chi connectivity index (χ0) is 26.1. The van der Waals surface area contributed by atoms with Crippen molar-refractivity contribution in [3.63, 3.8) is 0 Å². The Labute approximate surface area is 200 Å². The molecule has 1 aromatic carbocycles. The van der Waals surface area contributed by atoms with Gasteiger partial charge in [-0.05, 0) is 25.0 Å². The molecule has 35 heavy (non-hydrogen) atoms. The van der Waals surface area contributed by atoms with Gasteiger partial charge in [-0.2, -0.15) is 0 Å². The number of carbonyl (C=O) groups is 5. The van der Waals surface area contributed by atoms with Crippen molar-refractivity contribution in [1.29, 1.82) is 0 Å². The molecule has 0 aliphatic carbocycles. The number of hydrogen-bond donors (Lipinski definition) is 8. The number of fused-ring (bicyclic) bond motifs is 1. The second kappa shape index (κ2) is 12.5. The Morgan fingerprint density at radius 3 is 2.37 bits per heavy atom. The number of carboxylic acid groups (broad SMARTS) is 1. The molecule has 0 saturated heterocycles. The van der Waals surface area contributed by atoms with Gasteiger partial charge in [-0.15, -0.1) is 0 Å². The summed E-state index contributed by atoms with van der Waals surface area (Å²) in [5.41, 5.74) is 12.1. The van der Waals surface area contributed by atoms with Crippen LogP contribution in [-0.2, 0) is 30.4 Å². The Balaban J connectivity index is 2.17. The van der Waals surface area contributed by atoms with Crippen LogP contribution in [0.5, 0.6) is 0 Å². The largest absolute Gasteiger partial charge is 0.480 e. The van der Waals surface area contributed by atoms with Crippen LogP contribution in [0.3, 0.4) is 0 Å². The zero-order valence-electron chi connectivity index (χ0n) is 19.1. The smallest absolute Gasteiger partial charge is 0.326 e. The van der Waals surface area contributed by atoms with Crippen LogP contribution < -0.4 is 27.4 Å². The van der Waals surface area contributed by atoms with Gasteiger partial charge in [-0.1, -0.05) is 18.2 Å². The molecule has 1 aromatic heterocycles. The van der Waals surface area contributed by atoms with Gasteiger partial charge in [0.15, 0.2) is 0 Å². The molecule has 0 aliphatic rings. The van der Waals surface area contributed by atoms with Gasteiger partial charge < -0.3 is 42.6 Å². The number of aliphatic hydroxyl groups excluding tert-OH is 1. The second-order valence-corrected chi connectivity index (χ2v) is 8.07. The number of nitrogens with one attached hydrogen (secondary N) is 4. The van der Waals surface area contributed by atoms with Crippen LogP contribution in [0.4, 0.5) is 0 Å². The molecule has 10 N–H and O–H groups in total. The van der Waals surface area contributed by atoms with Gasteiger partial charge in [0, 0.05) is 29.9 Å². The molecule has 0 spiro atoms. The average Bonchev–Trinajstić information content (AvgIpc) is 3.21. The number of benzene rings is 1. The Bertz CT molecular complexity index is 1080. The highest BCUT2D eigenvalue weighted by Crippen LogP contribution is 2.19. The van der Waals surface area contributed by atoms with E-state index in [4.69, 9.17) is 11.5 Å². The first kappa shape index (κ1) is 27.3. The fourth-order valence-electron chi connectivity index (χ4n) is 3.30. The third kappa shape index (κ3) is 8.08.